The van der Waals surface area contributed by atoms with Gasteiger partial charge in [0.2, 0.25) is 0 Å². The van der Waals surface area contributed by atoms with Gasteiger partial charge >= 0.3 is 0 Å². The number of amides is 1. The standard InChI is InChI=1S/C12H22N4O2S/c1-4-8(5-2)16(6-7-17)11(18)9-10(13)15-12(14-3)19-9/h8,17H,4-7,13H2,1-3H3,(H,14,15). The Balaban J connectivity index is 3.00. The minimum Gasteiger partial charge on any atom is -0.395 e. The molecule has 108 valence electrons. The monoisotopic (exact) mass is 286 g/mol. The van der Waals surface area contributed by atoms with Gasteiger partial charge in [-0.25, -0.2) is 4.98 Å². The molecular formula is C12H22N4O2S. The number of aliphatic hydroxyl groups excluding tert-OH is 1. The molecule has 0 atom stereocenters. The topological polar surface area (TPSA) is 91.5 Å². The van der Waals surface area contributed by atoms with Crippen molar-refractivity contribution in [2.75, 3.05) is 31.2 Å². The number of hydrogen-bond donors (Lipinski definition) is 3. The van der Waals surface area contributed by atoms with E-state index in [1.165, 1.54) is 11.3 Å². The van der Waals surface area contributed by atoms with Crippen LogP contribution in [-0.2, 0) is 0 Å². The minimum atomic E-state index is -0.153. The third-order valence-corrected chi connectivity index (χ3v) is 4.12. The van der Waals surface area contributed by atoms with Crippen molar-refractivity contribution < 1.29 is 9.90 Å². The highest BCUT2D eigenvalue weighted by atomic mass is 32.1. The van der Waals surface area contributed by atoms with Crippen LogP contribution in [0.1, 0.15) is 36.4 Å². The van der Waals surface area contributed by atoms with Crippen molar-refractivity contribution in [3.8, 4) is 0 Å². The molecule has 4 N–H and O–H groups in total. The Morgan fingerprint density at radius 2 is 2.16 bits per heavy atom. The van der Waals surface area contributed by atoms with Crippen molar-refractivity contribution in [1.82, 2.24) is 9.88 Å². The fourth-order valence-corrected chi connectivity index (χ4v) is 2.80. The van der Waals surface area contributed by atoms with E-state index in [9.17, 15) is 4.79 Å². The van der Waals surface area contributed by atoms with Crippen LogP contribution in [0.3, 0.4) is 0 Å². The lowest BCUT2D eigenvalue weighted by Crippen LogP contribution is -2.41. The average molecular weight is 286 g/mol. The van der Waals surface area contributed by atoms with Crippen LogP contribution < -0.4 is 11.1 Å². The maximum absolute atomic E-state index is 12.5. The van der Waals surface area contributed by atoms with E-state index >= 15 is 0 Å². The number of anilines is 2. The Hall–Kier alpha value is -1.34. The Morgan fingerprint density at radius 3 is 2.58 bits per heavy atom. The molecule has 1 aromatic rings. The van der Waals surface area contributed by atoms with E-state index in [1.807, 2.05) is 13.8 Å². The molecule has 0 aromatic carbocycles. The number of nitrogens with two attached hydrogens (primary N) is 1. The quantitative estimate of drug-likeness (QED) is 0.704. The van der Waals surface area contributed by atoms with Crippen LogP contribution in [0.15, 0.2) is 0 Å². The number of thiazole rings is 1. The molecule has 0 radical (unpaired) electrons. The van der Waals surface area contributed by atoms with Crippen LogP contribution >= 0.6 is 11.3 Å². The van der Waals surface area contributed by atoms with Crippen molar-refractivity contribution >= 4 is 28.2 Å². The molecule has 1 amide bonds. The van der Waals surface area contributed by atoms with E-state index in [0.717, 1.165) is 12.8 Å². The van der Waals surface area contributed by atoms with Crippen LogP contribution in [-0.4, -0.2) is 47.1 Å². The summed E-state index contributed by atoms with van der Waals surface area (Å²) in [6.07, 6.45) is 1.69. The van der Waals surface area contributed by atoms with Crippen LogP contribution in [0, 0.1) is 0 Å². The predicted molar refractivity (Wildman–Crippen MR) is 78.6 cm³/mol. The summed E-state index contributed by atoms with van der Waals surface area (Å²) in [7, 11) is 1.74. The summed E-state index contributed by atoms with van der Waals surface area (Å²) in [6.45, 7) is 4.32. The second-order valence-corrected chi connectivity index (χ2v) is 5.17. The summed E-state index contributed by atoms with van der Waals surface area (Å²) in [5.41, 5.74) is 5.78. The number of nitrogens with one attached hydrogen (secondary N) is 1. The number of carbonyl (C=O) groups is 1. The molecule has 0 aliphatic rings. The fraction of sp³-hybridized carbons (Fsp3) is 0.667. The molecule has 0 unspecified atom stereocenters. The smallest absolute Gasteiger partial charge is 0.268 e. The van der Waals surface area contributed by atoms with Gasteiger partial charge in [-0.1, -0.05) is 25.2 Å². The lowest BCUT2D eigenvalue weighted by molar-refractivity contribution is 0.0628. The first-order valence-electron chi connectivity index (χ1n) is 6.44. The van der Waals surface area contributed by atoms with E-state index in [4.69, 9.17) is 10.8 Å². The largest absolute Gasteiger partial charge is 0.395 e. The van der Waals surface area contributed by atoms with E-state index < -0.39 is 0 Å². The van der Waals surface area contributed by atoms with Crippen LogP contribution in [0.4, 0.5) is 10.9 Å². The van der Waals surface area contributed by atoms with Crippen LogP contribution in [0.2, 0.25) is 0 Å². The number of aromatic nitrogens is 1. The number of nitrogen functional groups attached to an aromatic ring is 1. The van der Waals surface area contributed by atoms with Gasteiger partial charge in [-0.3, -0.25) is 4.79 Å². The molecule has 0 saturated heterocycles. The Kier molecular flexibility index (Phi) is 6.04. The van der Waals surface area contributed by atoms with Gasteiger partial charge in [-0.2, -0.15) is 0 Å². The van der Waals surface area contributed by atoms with Crippen molar-refractivity contribution in [1.29, 1.82) is 0 Å². The third kappa shape index (κ3) is 3.57. The van der Waals surface area contributed by atoms with Gasteiger partial charge in [-0.05, 0) is 12.8 Å². The van der Waals surface area contributed by atoms with Gasteiger partial charge in [0.05, 0.1) is 6.61 Å². The van der Waals surface area contributed by atoms with Crippen LogP contribution in [0.5, 0.6) is 0 Å². The molecule has 1 rings (SSSR count). The lowest BCUT2D eigenvalue weighted by Gasteiger charge is -2.29. The summed E-state index contributed by atoms with van der Waals surface area (Å²) in [5, 5.41) is 12.6. The fourth-order valence-electron chi connectivity index (χ4n) is 2.01. The zero-order valence-electron chi connectivity index (χ0n) is 11.6. The Labute approximate surface area is 117 Å². The zero-order valence-corrected chi connectivity index (χ0v) is 12.5. The van der Waals surface area contributed by atoms with Gasteiger partial charge in [0.1, 0.15) is 10.7 Å². The summed E-state index contributed by atoms with van der Waals surface area (Å²) in [5.74, 6) is 0.0903. The molecule has 0 aliphatic heterocycles. The van der Waals surface area contributed by atoms with Crippen molar-refractivity contribution in [3.63, 3.8) is 0 Å². The highest BCUT2D eigenvalue weighted by Crippen LogP contribution is 2.27. The van der Waals surface area contributed by atoms with Crippen molar-refractivity contribution in [3.05, 3.63) is 4.88 Å². The van der Waals surface area contributed by atoms with E-state index in [2.05, 4.69) is 10.3 Å². The van der Waals surface area contributed by atoms with E-state index in [0.29, 0.717) is 16.6 Å². The van der Waals surface area contributed by atoms with Gasteiger partial charge in [0.25, 0.3) is 5.91 Å². The van der Waals surface area contributed by atoms with Crippen molar-refractivity contribution in [2.24, 2.45) is 0 Å². The van der Waals surface area contributed by atoms with Gasteiger partial charge in [0, 0.05) is 19.6 Å². The Bertz CT molecular complexity index is 418. The predicted octanol–water partition coefficient (Wildman–Crippen LogP) is 1.39. The lowest BCUT2D eigenvalue weighted by atomic mass is 10.1. The SMILES string of the molecule is CCC(CC)N(CCO)C(=O)c1sc(NC)nc1N. The highest BCUT2D eigenvalue weighted by Gasteiger charge is 2.26. The second kappa shape index (κ2) is 7.30. The first-order chi connectivity index (χ1) is 9.08. The first kappa shape index (κ1) is 15.7. The van der Waals surface area contributed by atoms with Gasteiger partial charge < -0.3 is 21.1 Å². The second-order valence-electron chi connectivity index (χ2n) is 4.18. The van der Waals surface area contributed by atoms with E-state index in [-0.39, 0.29) is 24.4 Å². The number of hydrogen-bond acceptors (Lipinski definition) is 6. The maximum atomic E-state index is 12.5. The molecule has 0 fully saturated rings. The normalized spacial score (nSPS) is 10.8. The van der Waals surface area contributed by atoms with Crippen molar-refractivity contribution in [2.45, 2.75) is 32.7 Å². The maximum Gasteiger partial charge on any atom is 0.268 e. The summed E-state index contributed by atoms with van der Waals surface area (Å²) in [6, 6.07) is 0.110. The highest BCUT2D eigenvalue weighted by molar-refractivity contribution is 7.18. The number of nitrogens with zero attached hydrogens (tertiary/aromatic N) is 2. The van der Waals surface area contributed by atoms with Crippen LogP contribution in [0.25, 0.3) is 0 Å². The average Bonchev–Trinajstić information content (AvgIpc) is 2.79. The number of aliphatic hydroxyl groups is 1. The zero-order chi connectivity index (χ0) is 14.4. The molecular weight excluding hydrogens is 264 g/mol. The molecule has 0 aliphatic carbocycles. The molecule has 1 aromatic heterocycles. The molecule has 7 heteroatoms. The number of carbonyl (C=O) groups excluding carboxylic acids is 1. The van der Waals surface area contributed by atoms with Gasteiger partial charge in [-0.15, -0.1) is 0 Å². The number of rotatable bonds is 7. The minimum absolute atomic E-state index is 0.0557. The molecule has 0 bridgehead atoms. The summed E-state index contributed by atoms with van der Waals surface area (Å²) >= 11 is 1.24. The van der Waals surface area contributed by atoms with E-state index in [1.54, 1.807) is 11.9 Å². The molecule has 0 spiro atoms. The summed E-state index contributed by atoms with van der Waals surface area (Å²) < 4.78 is 0. The molecule has 1 heterocycles. The first-order valence-corrected chi connectivity index (χ1v) is 7.26. The van der Waals surface area contributed by atoms with Gasteiger partial charge in [0.15, 0.2) is 5.13 Å². The molecule has 6 nitrogen and oxygen atoms in total. The summed E-state index contributed by atoms with van der Waals surface area (Å²) in [4.78, 5) is 18.7. The Morgan fingerprint density at radius 1 is 1.53 bits per heavy atom. The molecule has 19 heavy (non-hydrogen) atoms. The third-order valence-electron chi connectivity index (χ3n) is 3.05. The molecule has 0 saturated carbocycles.